The van der Waals surface area contributed by atoms with Gasteiger partial charge in [0.15, 0.2) is 0 Å². The molecule has 0 aliphatic carbocycles. The summed E-state index contributed by atoms with van der Waals surface area (Å²) in [5.74, 6) is 1.63. The first-order chi connectivity index (χ1) is 7.57. The maximum absolute atomic E-state index is 12.3. The average Bonchev–Trinajstić information content (AvgIpc) is 2.72. The number of hydrogen-bond acceptors (Lipinski definition) is 1. The standard InChI is InChI=1S/C13H24ClNO/c1-10(2)11(3)13(16)15-9-5-7-12(15)6-4-8-14/h10-12H,4-9H2,1-3H3. The lowest BCUT2D eigenvalue weighted by Gasteiger charge is -2.28. The Morgan fingerprint density at radius 3 is 2.69 bits per heavy atom. The molecule has 16 heavy (non-hydrogen) atoms. The molecule has 0 N–H and O–H groups in total. The van der Waals surface area contributed by atoms with Crippen LogP contribution in [0.3, 0.4) is 0 Å². The first kappa shape index (κ1) is 13.8. The van der Waals surface area contributed by atoms with Crippen LogP contribution >= 0.6 is 11.6 Å². The van der Waals surface area contributed by atoms with Crippen molar-refractivity contribution in [2.75, 3.05) is 12.4 Å². The van der Waals surface area contributed by atoms with Crippen LogP contribution in [0, 0.1) is 11.8 Å². The smallest absolute Gasteiger partial charge is 0.225 e. The van der Waals surface area contributed by atoms with Gasteiger partial charge in [0.2, 0.25) is 5.91 Å². The third-order valence-corrected chi connectivity index (χ3v) is 3.99. The van der Waals surface area contributed by atoms with Gasteiger partial charge in [0.1, 0.15) is 0 Å². The highest BCUT2D eigenvalue weighted by Gasteiger charge is 2.31. The summed E-state index contributed by atoms with van der Waals surface area (Å²) in [6.07, 6.45) is 4.41. The van der Waals surface area contributed by atoms with E-state index in [0.717, 1.165) is 32.2 Å². The van der Waals surface area contributed by atoms with Gasteiger partial charge >= 0.3 is 0 Å². The molecule has 1 rings (SSSR count). The van der Waals surface area contributed by atoms with Gasteiger partial charge in [-0.1, -0.05) is 20.8 Å². The molecule has 2 nitrogen and oxygen atoms in total. The number of nitrogens with zero attached hydrogens (tertiary/aromatic N) is 1. The minimum atomic E-state index is 0.150. The Labute approximate surface area is 104 Å². The summed E-state index contributed by atoms with van der Waals surface area (Å²) < 4.78 is 0. The van der Waals surface area contributed by atoms with Crippen molar-refractivity contribution in [1.82, 2.24) is 4.90 Å². The summed E-state index contributed by atoms with van der Waals surface area (Å²) in [6.45, 7) is 7.23. The number of amides is 1. The van der Waals surface area contributed by atoms with Gasteiger partial charge in [-0.25, -0.2) is 0 Å². The van der Waals surface area contributed by atoms with E-state index >= 15 is 0 Å². The maximum atomic E-state index is 12.3. The van der Waals surface area contributed by atoms with Crippen molar-refractivity contribution in [2.24, 2.45) is 11.8 Å². The summed E-state index contributed by atoms with van der Waals surface area (Å²) in [7, 11) is 0. The Morgan fingerprint density at radius 1 is 1.44 bits per heavy atom. The van der Waals surface area contributed by atoms with Crippen LogP contribution < -0.4 is 0 Å². The Balaban J connectivity index is 2.53. The number of hydrogen-bond donors (Lipinski definition) is 0. The van der Waals surface area contributed by atoms with E-state index in [1.54, 1.807) is 0 Å². The number of alkyl halides is 1. The lowest BCUT2D eigenvalue weighted by molar-refractivity contribution is -0.137. The van der Waals surface area contributed by atoms with Crippen molar-refractivity contribution >= 4 is 17.5 Å². The quantitative estimate of drug-likeness (QED) is 0.681. The van der Waals surface area contributed by atoms with Crippen LogP contribution in [0.2, 0.25) is 0 Å². The molecule has 0 saturated carbocycles. The van der Waals surface area contributed by atoms with Crippen LogP contribution in [0.1, 0.15) is 46.5 Å². The maximum Gasteiger partial charge on any atom is 0.225 e. The first-order valence-corrected chi connectivity index (χ1v) is 6.97. The van der Waals surface area contributed by atoms with Crippen molar-refractivity contribution in [3.05, 3.63) is 0 Å². The molecule has 0 aromatic rings. The van der Waals surface area contributed by atoms with Gasteiger partial charge in [-0.15, -0.1) is 11.6 Å². The predicted octanol–water partition coefficient (Wildman–Crippen LogP) is 3.29. The zero-order valence-electron chi connectivity index (χ0n) is 10.7. The van der Waals surface area contributed by atoms with Gasteiger partial charge in [0.25, 0.3) is 0 Å². The molecule has 1 aliphatic rings. The van der Waals surface area contributed by atoms with Crippen molar-refractivity contribution in [2.45, 2.75) is 52.5 Å². The molecule has 0 aromatic carbocycles. The Bertz CT molecular complexity index is 230. The van der Waals surface area contributed by atoms with Gasteiger partial charge in [-0.3, -0.25) is 4.79 Å². The minimum absolute atomic E-state index is 0.150. The highest BCUT2D eigenvalue weighted by atomic mass is 35.5. The Hall–Kier alpha value is -0.240. The van der Waals surface area contributed by atoms with Crippen molar-refractivity contribution in [3.8, 4) is 0 Å². The van der Waals surface area contributed by atoms with Crippen LogP contribution in [-0.4, -0.2) is 29.3 Å². The molecule has 1 amide bonds. The van der Waals surface area contributed by atoms with E-state index in [0.29, 0.717) is 23.7 Å². The van der Waals surface area contributed by atoms with Crippen LogP contribution in [0.4, 0.5) is 0 Å². The van der Waals surface area contributed by atoms with E-state index in [-0.39, 0.29) is 5.92 Å². The molecule has 0 aromatic heterocycles. The third kappa shape index (κ3) is 3.38. The topological polar surface area (TPSA) is 20.3 Å². The van der Waals surface area contributed by atoms with Gasteiger partial charge in [-0.05, 0) is 31.6 Å². The minimum Gasteiger partial charge on any atom is -0.339 e. The highest BCUT2D eigenvalue weighted by Crippen LogP contribution is 2.25. The van der Waals surface area contributed by atoms with Crippen molar-refractivity contribution in [3.63, 3.8) is 0 Å². The van der Waals surface area contributed by atoms with Crippen LogP contribution in [0.5, 0.6) is 0 Å². The van der Waals surface area contributed by atoms with Gasteiger partial charge < -0.3 is 4.90 Å². The van der Waals surface area contributed by atoms with Crippen molar-refractivity contribution < 1.29 is 4.79 Å². The second-order valence-corrected chi connectivity index (χ2v) is 5.57. The molecule has 0 spiro atoms. The fraction of sp³-hybridized carbons (Fsp3) is 0.923. The van der Waals surface area contributed by atoms with Gasteiger partial charge in [0.05, 0.1) is 0 Å². The number of rotatable bonds is 5. The molecule has 0 radical (unpaired) electrons. The Morgan fingerprint density at radius 2 is 2.12 bits per heavy atom. The molecule has 2 unspecified atom stereocenters. The van der Waals surface area contributed by atoms with Crippen LogP contribution in [-0.2, 0) is 4.79 Å². The van der Waals surface area contributed by atoms with Gasteiger partial charge in [-0.2, -0.15) is 0 Å². The largest absolute Gasteiger partial charge is 0.339 e. The summed E-state index contributed by atoms with van der Waals surface area (Å²) in [6, 6.07) is 0.451. The zero-order valence-corrected chi connectivity index (χ0v) is 11.5. The predicted molar refractivity (Wildman–Crippen MR) is 68.7 cm³/mol. The fourth-order valence-corrected chi connectivity index (χ4v) is 2.44. The SMILES string of the molecule is CC(C)C(C)C(=O)N1CCCC1CCCCl. The molecule has 1 heterocycles. The van der Waals surface area contributed by atoms with E-state index < -0.39 is 0 Å². The monoisotopic (exact) mass is 245 g/mol. The van der Waals surface area contributed by atoms with Crippen LogP contribution in [0.25, 0.3) is 0 Å². The summed E-state index contributed by atoms with van der Waals surface area (Å²) in [5.41, 5.74) is 0. The molecule has 1 fully saturated rings. The summed E-state index contributed by atoms with van der Waals surface area (Å²) in [4.78, 5) is 14.3. The molecule has 1 saturated heterocycles. The van der Waals surface area contributed by atoms with Gasteiger partial charge in [0, 0.05) is 24.4 Å². The number of halogens is 1. The molecule has 1 aliphatic heterocycles. The fourth-order valence-electron chi connectivity index (χ4n) is 2.29. The average molecular weight is 246 g/mol. The first-order valence-electron chi connectivity index (χ1n) is 6.44. The molecule has 0 bridgehead atoms. The molecule has 2 atom stereocenters. The Kier molecular flexibility index (Phi) is 5.60. The van der Waals surface area contributed by atoms with Crippen LogP contribution in [0.15, 0.2) is 0 Å². The number of carbonyl (C=O) groups excluding carboxylic acids is 1. The summed E-state index contributed by atoms with van der Waals surface area (Å²) in [5, 5.41) is 0. The third-order valence-electron chi connectivity index (χ3n) is 3.72. The molecular formula is C13H24ClNO. The number of carbonyl (C=O) groups is 1. The molecule has 94 valence electrons. The van der Waals surface area contributed by atoms with Crippen molar-refractivity contribution in [1.29, 1.82) is 0 Å². The normalized spacial score (nSPS) is 22.8. The van der Waals surface area contributed by atoms with E-state index in [4.69, 9.17) is 11.6 Å². The second-order valence-electron chi connectivity index (χ2n) is 5.19. The lowest BCUT2D eigenvalue weighted by Crippen LogP contribution is -2.40. The summed E-state index contributed by atoms with van der Waals surface area (Å²) >= 11 is 5.72. The zero-order chi connectivity index (χ0) is 12.1. The molecule has 3 heteroatoms. The van der Waals surface area contributed by atoms with E-state index in [1.165, 1.54) is 0 Å². The second kappa shape index (κ2) is 6.48. The highest BCUT2D eigenvalue weighted by molar-refractivity contribution is 6.17. The lowest BCUT2D eigenvalue weighted by atomic mass is 9.96. The molecular weight excluding hydrogens is 222 g/mol. The van der Waals surface area contributed by atoms with E-state index in [1.807, 2.05) is 6.92 Å². The number of likely N-dealkylation sites (tertiary alicyclic amines) is 1. The van der Waals surface area contributed by atoms with E-state index in [9.17, 15) is 4.79 Å². The van der Waals surface area contributed by atoms with E-state index in [2.05, 4.69) is 18.7 Å².